The fourth-order valence-electron chi connectivity index (χ4n) is 2.91. The molecule has 6 nitrogen and oxygen atoms in total. The van der Waals surface area contributed by atoms with E-state index in [9.17, 15) is 4.21 Å². The van der Waals surface area contributed by atoms with Gasteiger partial charge < -0.3 is 4.42 Å². The summed E-state index contributed by atoms with van der Waals surface area (Å²) in [4.78, 5) is 8.00. The highest BCUT2D eigenvalue weighted by Crippen LogP contribution is 2.33. The summed E-state index contributed by atoms with van der Waals surface area (Å²) in [5.41, 5.74) is 11.5. The van der Waals surface area contributed by atoms with Gasteiger partial charge in [0.1, 0.15) is 11.4 Å². The minimum Gasteiger partial charge on any atom is -0.439 e. The van der Waals surface area contributed by atoms with Crippen LogP contribution < -0.4 is 0 Å². The van der Waals surface area contributed by atoms with Gasteiger partial charge in [-0.2, -0.15) is 0 Å². The first kappa shape index (κ1) is 18.7. The second-order valence-electron chi connectivity index (χ2n) is 6.19. The Bertz CT molecular complexity index is 1130. The van der Waals surface area contributed by atoms with Crippen molar-refractivity contribution in [3.05, 3.63) is 101 Å². The van der Waals surface area contributed by atoms with Crippen molar-refractivity contribution in [3.8, 4) is 22.6 Å². The molecule has 0 aliphatic heterocycles. The van der Waals surface area contributed by atoms with Gasteiger partial charge in [0.05, 0.1) is 10.8 Å². The van der Waals surface area contributed by atoms with E-state index in [1.165, 1.54) is 0 Å². The molecule has 1 heterocycles. The van der Waals surface area contributed by atoms with Gasteiger partial charge in [-0.15, -0.1) is 0 Å². The third-order valence-corrected chi connectivity index (χ3v) is 5.58. The molecule has 1 atom stereocenters. The van der Waals surface area contributed by atoms with Gasteiger partial charge in [-0.25, -0.2) is 4.98 Å². The zero-order valence-corrected chi connectivity index (χ0v) is 16.1. The van der Waals surface area contributed by atoms with Crippen LogP contribution in [0.4, 0.5) is 5.69 Å². The second kappa shape index (κ2) is 8.56. The van der Waals surface area contributed by atoms with Gasteiger partial charge in [-0.05, 0) is 17.7 Å². The van der Waals surface area contributed by atoms with Crippen LogP contribution in [0.5, 0.6) is 0 Å². The summed E-state index contributed by atoms with van der Waals surface area (Å²) in [6.45, 7) is 0. The first-order chi connectivity index (χ1) is 14.2. The summed E-state index contributed by atoms with van der Waals surface area (Å²) in [5, 5.41) is 3.52. The van der Waals surface area contributed by atoms with Crippen LogP contribution in [-0.2, 0) is 16.6 Å². The first-order valence-electron chi connectivity index (χ1n) is 8.88. The standard InChI is InChI=1S/C22H16N4O2S/c23-26-25-18-11-13-19(14-12-18)29(27)15-20-24-21(16-7-3-1-4-8-16)22(28-20)17-9-5-2-6-10-17/h1-14H,15H2. The number of hydrogen-bond donors (Lipinski definition) is 0. The van der Waals surface area contributed by atoms with Crippen LogP contribution in [0.3, 0.4) is 0 Å². The molecule has 29 heavy (non-hydrogen) atoms. The molecule has 1 aromatic heterocycles. The molecule has 0 amide bonds. The first-order valence-corrected chi connectivity index (χ1v) is 10.2. The highest BCUT2D eigenvalue weighted by molar-refractivity contribution is 7.84. The van der Waals surface area contributed by atoms with Crippen molar-refractivity contribution in [1.82, 2.24) is 4.98 Å². The molecule has 0 N–H and O–H groups in total. The lowest BCUT2D eigenvalue weighted by Gasteiger charge is -2.01. The molecule has 0 fully saturated rings. The molecule has 3 aromatic carbocycles. The molecule has 0 spiro atoms. The van der Waals surface area contributed by atoms with Gasteiger partial charge in [0.15, 0.2) is 5.76 Å². The van der Waals surface area contributed by atoms with Gasteiger partial charge in [0.2, 0.25) is 5.89 Å². The Balaban J connectivity index is 1.67. The normalized spacial score (nSPS) is 11.6. The topological polar surface area (TPSA) is 91.9 Å². The Kier molecular flexibility index (Phi) is 5.52. The predicted octanol–water partition coefficient (Wildman–Crippen LogP) is 6.26. The molecular formula is C22H16N4O2S. The highest BCUT2D eigenvalue weighted by Gasteiger charge is 2.18. The van der Waals surface area contributed by atoms with E-state index in [-0.39, 0.29) is 5.75 Å². The van der Waals surface area contributed by atoms with Crippen LogP contribution in [0.15, 0.2) is 99.4 Å². The van der Waals surface area contributed by atoms with E-state index in [1.54, 1.807) is 24.3 Å². The molecule has 4 rings (SSSR count). The van der Waals surface area contributed by atoms with Gasteiger partial charge in [-0.1, -0.05) is 77.9 Å². The minimum atomic E-state index is -1.35. The number of nitrogens with zero attached hydrogens (tertiary/aromatic N) is 4. The fourth-order valence-corrected chi connectivity index (χ4v) is 3.87. The van der Waals surface area contributed by atoms with E-state index in [4.69, 9.17) is 9.95 Å². The SMILES string of the molecule is [N-]=[N+]=Nc1ccc(S(=O)Cc2nc(-c3ccccc3)c(-c3ccccc3)o2)cc1. The van der Waals surface area contributed by atoms with E-state index >= 15 is 0 Å². The maximum atomic E-state index is 12.8. The van der Waals surface area contributed by atoms with Crippen LogP contribution in [0.1, 0.15) is 5.89 Å². The van der Waals surface area contributed by atoms with Crippen LogP contribution in [0.2, 0.25) is 0 Å². The summed E-state index contributed by atoms with van der Waals surface area (Å²) in [6, 6.07) is 26.2. The molecule has 142 valence electrons. The van der Waals surface area contributed by atoms with E-state index in [0.29, 0.717) is 22.2 Å². The molecule has 7 heteroatoms. The number of azide groups is 1. The average Bonchev–Trinajstić information content (AvgIpc) is 3.19. The molecular weight excluding hydrogens is 384 g/mol. The number of hydrogen-bond acceptors (Lipinski definition) is 4. The summed E-state index contributed by atoms with van der Waals surface area (Å²) in [6.07, 6.45) is 0. The lowest BCUT2D eigenvalue weighted by Crippen LogP contribution is -1.96. The lowest BCUT2D eigenvalue weighted by atomic mass is 10.1. The van der Waals surface area contributed by atoms with Crippen LogP contribution in [0.25, 0.3) is 33.0 Å². The van der Waals surface area contributed by atoms with Crippen LogP contribution >= 0.6 is 0 Å². The molecule has 0 bridgehead atoms. The smallest absolute Gasteiger partial charge is 0.208 e. The van der Waals surface area contributed by atoms with Crippen LogP contribution in [-0.4, -0.2) is 9.19 Å². The zero-order chi connectivity index (χ0) is 20.1. The van der Waals surface area contributed by atoms with Crippen molar-refractivity contribution in [1.29, 1.82) is 0 Å². The molecule has 0 saturated carbocycles. The molecule has 1 unspecified atom stereocenters. The molecule has 0 radical (unpaired) electrons. The van der Waals surface area contributed by atoms with Crippen LogP contribution in [0, 0.1) is 0 Å². The number of rotatable bonds is 6. The number of aromatic nitrogens is 1. The summed E-state index contributed by atoms with van der Waals surface area (Å²) >= 11 is 0. The number of oxazole rings is 1. The van der Waals surface area contributed by atoms with E-state index < -0.39 is 10.8 Å². The van der Waals surface area contributed by atoms with Crippen molar-refractivity contribution in [2.24, 2.45) is 5.11 Å². The maximum absolute atomic E-state index is 12.8. The quantitative estimate of drug-likeness (QED) is 0.217. The van der Waals surface area contributed by atoms with Crippen molar-refractivity contribution >= 4 is 16.5 Å². The third kappa shape index (κ3) is 4.27. The molecule has 4 aromatic rings. The van der Waals surface area contributed by atoms with Crippen molar-refractivity contribution in [3.63, 3.8) is 0 Å². The summed E-state index contributed by atoms with van der Waals surface area (Å²) in [5.74, 6) is 1.20. The lowest BCUT2D eigenvalue weighted by molar-refractivity contribution is 0.527. The Labute approximate surface area is 169 Å². The Hall–Kier alpha value is -3.67. The van der Waals surface area contributed by atoms with Gasteiger partial charge in [-0.3, -0.25) is 4.21 Å². The summed E-state index contributed by atoms with van der Waals surface area (Å²) in [7, 11) is -1.35. The van der Waals surface area contributed by atoms with Crippen molar-refractivity contribution in [2.45, 2.75) is 10.6 Å². The van der Waals surface area contributed by atoms with Crippen molar-refractivity contribution in [2.75, 3.05) is 0 Å². The summed E-state index contributed by atoms with van der Waals surface area (Å²) < 4.78 is 18.8. The second-order valence-corrected chi connectivity index (χ2v) is 7.64. The van der Waals surface area contributed by atoms with E-state index in [1.807, 2.05) is 60.7 Å². The Morgan fingerprint density at radius 2 is 1.52 bits per heavy atom. The van der Waals surface area contributed by atoms with Gasteiger partial charge in [0, 0.05) is 26.6 Å². The average molecular weight is 400 g/mol. The van der Waals surface area contributed by atoms with Gasteiger partial charge in [0.25, 0.3) is 0 Å². The Morgan fingerprint density at radius 3 is 2.14 bits per heavy atom. The predicted molar refractivity (Wildman–Crippen MR) is 113 cm³/mol. The molecule has 0 aliphatic carbocycles. The third-order valence-electron chi connectivity index (χ3n) is 4.27. The Morgan fingerprint density at radius 1 is 0.897 bits per heavy atom. The van der Waals surface area contributed by atoms with E-state index in [2.05, 4.69) is 15.0 Å². The minimum absolute atomic E-state index is 0.146. The number of benzene rings is 3. The van der Waals surface area contributed by atoms with Crippen molar-refractivity contribution < 1.29 is 8.63 Å². The largest absolute Gasteiger partial charge is 0.439 e. The zero-order valence-electron chi connectivity index (χ0n) is 15.3. The van der Waals surface area contributed by atoms with E-state index in [0.717, 1.165) is 16.8 Å². The van der Waals surface area contributed by atoms with Gasteiger partial charge >= 0.3 is 0 Å². The fraction of sp³-hybridized carbons (Fsp3) is 0.0455. The monoisotopic (exact) mass is 400 g/mol. The highest BCUT2D eigenvalue weighted by atomic mass is 32.2. The maximum Gasteiger partial charge on any atom is 0.208 e. The molecule has 0 saturated heterocycles. The molecule has 0 aliphatic rings.